The van der Waals surface area contributed by atoms with Crippen molar-refractivity contribution in [2.45, 2.75) is 13.2 Å². The Kier molecular flexibility index (Phi) is 5.04. The van der Waals surface area contributed by atoms with E-state index in [1.807, 2.05) is 0 Å². The summed E-state index contributed by atoms with van der Waals surface area (Å²) < 4.78 is 10.5. The van der Waals surface area contributed by atoms with Gasteiger partial charge in [0.15, 0.2) is 6.79 Å². The van der Waals surface area contributed by atoms with E-state index >= 15 is 0 Å². The Balaban J connectivity index is 1.73. The Hall–Kier alpha value is -3.53. The fourth-order valence-corrected chi connectivity index (χ4v) is 2.42. The molecule has 2 aromatic carbocycles. The zero-order valence-electron chi connectivity index (χ0n) is 13.4. The molecular weight excluding hydrogens is 346 g/mol. The van der Waals surface area contributed by atoms with Gasteiger partial charge in [-0.05, 0) is 0 Å². The summed E-state index contributed by atoms with van der Waals surface area (Å²) in [6.07, 6.45) is 1.32. The molecular formula is C16H13N3O7. The molecule has 0 spiro atoms. The van der Waals surface area contributed by atoms with Gasteiger partial charge in [0.1, 0.15) is 12.4 Å². The highest BCUT2D eigenvalue weighted by atomic mass is 16.7. The lowest BCUT2D eigenvalue weighted by atomic mass is 10.1. The number of nitro benzene ring substituents is 2. The molecule has 3 rings (SSSR count). The molecule has 0 aliphatic carbocycles. The molecule has 0 bridgehead atoms. The van der Waals surface area contributed by atoms with Crippen molar-refractivity contribution in [3.05, 3.63) is 73.3 Å². The maximum Gasteiger partial charge on any atom is 0.270 e. The molecule has 0 fully saturated rings. The van der Waals surface area contributed by atoms with Gasteiger partial charge in [-0.3, -0.25) is 20.2 Å². The second-order valence-corrected chi connectivity index (χ2v) is 5.32. The molecule has 1 aliphatic rings. The monoisotopic (exact) mass is 359 g/mol. The van der Waals surface area contributed by atoms with Crippen molar-refractivity contribution in [3.8, 4) is 5.75 Å². The molecule has 0 saturated carbocycles. The van der Waals surface area contributed by atoms with Crippen LogP contribution in [0.3, 0.4) is 0 Å². The van der Waals surface area contributed by atoms with Crippen molar-refractivity contribution in [1.29, 1.82) is 0 Å². The van der Waals surface area contributed by atoms with E-state index in [2.05, 4.69) is 5.16 Å². The molecule has 0 radical (unpaired) electrons. The van der Waals surface area contributed by atoms with Crippen LogP contribution in [0.15, 0.2) is 41.6 Å². The van der Waals surface area contributed by atoms with E-state index in [4.69, 9.17) is 14.3 Å². The number of nitrogens with zero attached hydrogens (tertiary/aromatic N) is 3. The number of fused-ring (bicyclic) bond motifs is 1. The first-order valence-electron chi connectivity index (χ1n) is 7.45. The molecule has 0 unspecified atom stereocenters. The predicted octanol–water partition coefficient (Wildman–Crippen LogP) is 2.92. The molecule has 10 heteroatoms. The second kappa shape index (κ2) is 7.57. The minimum absolute atomic E-state index is 0.0504. The highest BCUT2D eigenvalue weighted by Crippen LogP contribution is 2.33. The Morgan fingerprint density at radius 3 is 2.73 bits per heavy atom. The molecule has 1 aliphatic heterocycles. The summed E-state index contributed by atoms with van der Waals surface area (Å²) in [5.74, 6) is 0.479. The van der Waals surface area contributed by atoms with Crippen molar-refractivity contribution < 1.29 is 24.2 Å². The first kappa shape index (κ1) is 17.3. The Morgan fingerprint density at radius 1 is 1.15 bits per heavy atom. The number of oxime groups is 1. The van der Waals surface area contributed by atoms with Gasteiger partial charge < -0.3 is 14.3 Å². The van der Waals surface area contributed by atoms with Gasteiger partial charge >= 0.3 is 0 Å². The maximum absolute atomic E-state index is 11.0. The highest BCUT2D eigenvalue weighted by molar-refractivity contribution is 5.80. The summed E-state index contributed by atoms with van der Waals surface area (Å²) >= 11 is 0. The SMILES string of the molecule is O=[N+]([O-])c1cccc(/C=N/OCc2cc([N+](=O)[O-])cc3c2OCOC3)c1. The van der Waals surface area contributed by atoms with Gasteiger partial charge in [0, 0.05) is 41.0 Å². The van der Waals surface area contributed by atoms with Crippen LogP contribution in [0.25, 0.3) is 0 Å². The van der Waals surface area contributed by atoms with E-state index in [0.717, 1.165) is 0 Å². The number of ether oxygens (including phenoxy) is 2. The summed E-state index contributed by atoms with van der Waals surface area (Å²) in [4.78, 5) is 25.9. The zero-order valence-corrected chi connectivity index (χ0v) is 13.4. The van der Waals surface area contributed by atoms with Crippen molar-refractivity contribution in [2.75, 3.05) is 6.79 Å². The third-order valence-corrected chi connectivity index (χ3v) is 3.56. The van der Waals surface area contributed by atoms with E-state index < -0.39 is 9.85 Å². The largest absolute Gasteiger partial charge is 0.467 e. The first-order chi connectivity index (χ1) is 12.5. The van der Waals surface area contributed by atoms with Crippen LogP contribution in [0.4, 0.5) is 11.4 Å². The zero-order chi connectivity index (χ0) is 18.5. The van der Waals surface area contributed by atoms with Crippen LogP contribution in [-0.2, 0) is 22.8 Å². The highest BCUT2D eigenvalue weighted by Gasteiger charge is 2.21. The van der Waals surface area contributed by atoms with Gasteiger partial charge in [-0.2, -0.15) is 0 Å². The minimum Gasteiger partial charge on any atom is -0.467 e. The van der Waals surface area contributed by atoms with Crippen molar-refractivity contribution in [1.82, 2.24) is 0 Å². The summed E-state index contributed by atoms with van der Waals surface area (Å²) in [5, 5.41) is 25.5. The van der Waals surface area contributed by atoms with Crippen LogP contribution in [0.5, 0.6) is 5.75 Å². The van der Waals surface area contributed by atoms with Gasteiger partial charge in [-0.1, -0.05) is 17.3 Å². The topological polar surface area (TPSA) is 126 Å². The van der Waals surface area contributed by atoms with Crippen LogP contribution in [0.2, 0.25) is 0 Å². The van der Waals surface area contributed by atoms with Gasteiger partial charge in [0.25, 0.3) is 11.4 Å². The quantitative estimate of drug-likeness (QED) is 0.441. The number of nitro groups is 2. The van der Waals surface area contributed by atoms with Gasteiger partial charge in [-0.25, -0.2) is 0 Å². The molecule has 0 amide bonds. The van der Waals surface area contributed by atoms with E-state index in [1.165, 1.54) is 36.5 Å². The minimum atomic E-state index is -0.509. The lowest BCUT2D eigenvalue weighted by Crippen LogP contribution is -2.13. The van der Waals surface area contributed by atoms with Crippen LogP contribution in [0.1, 0.15) is 16.7 Å². The van der Waals surface area contributed by atoms with Gasteiger partial charge in [0.2, 0.25) is 0 Å². The second-order valence-electron chi connectivity index (χ2n) is 5.32. The average molecular weight is 359 g/mol. The van der Waals surface area contributed by atoms with Crippen molar-refractivity contribution in [2.24, 2.45) is 5.16 Å². The third kappa shape index (κ3) is 3.92. The van der Waals surface area contributed by atoms with Crippen LogP contribution in [0, 0.1) is 20.2 Å². The third-order valence-electron chi connectivity index (χ3n) is 3.56. The lowest BCUT2D eigenvalue weighted by Gasteiger charge is -2.19. The lowest BCUT2D eigenvalue weighted by molar-refractivity contribution is -0.385. The van der Waals surface area contributed by atoms with Gasteiger partial charge in [-0.15, -0.1) is 0 Å². The van der Waals surface area contributed by atoms with Crippen LogP contribution >= 0.6 is 0 Å². The fraction of sp³-hybridized carbons (Fsp3) is 0.188. The molecule has 0 N–H and O–H groups in total. The smallest absolute Gasteiger partial charge is 0.270 e. The Morgan fingerprint density at radius 2 is 1.96 bits per heavy atom. The predicted molar refractivity (Wildman–Crippen MR) is 88.9 cm³/mol. The molecule has 0 atom stereocenters. The van der Waals surface area contributed by atoms with E-state index in [9.17, 15) is 20.2 Å². The number of hydrogen-bond acceptors (Lipinski definition) is 8. The normalized spacial score (nSPS) is 13.1. The fourth-order valence-electron chi connectivity index (χ4n) is 2.42. The van der Waals surface area contributed by atoms with Gasteiger partial charge in [0.05, 0.1) is 22.7 Å². The molecule has 10 nitrogen and oxygen atoms in total. The van der Waals surface area contributed by atoms with E-state index in [0.29, 0.717) is 22.4 Å². The van der Waals surface area contributed by atoms with Crippen molar-refractivity contribution in [3.63, 3.8) is 0 Å². The number of rotatable bonds is 6. The Labute approximate surface area is 146 Å². The molecule has 0 saturated heterocycles. The van der Waals surface area contributed by atoms with Crippen LogP contribution in [-0.4, -0.2) is 22.9 Å². The summed E-state index contributed by atoms with van der Waals surface area (Å²) in [6.45, 7) is 0.200. The Bertz CT molecular complexity index is 882. The molecule has 2 aromatic rings. The maximum atomic E-state index is 11.0. The molecule has 1 heterocycles. The summed E-state index contributed by atoms with van der Waals surface area (Å²) in [7, 11) is 0. The number of hydrogen-bond donors (Lipinski definition) is 0. The molecule has 0 aromatic heterocycles. The molecule has 26 heavy (non-hydrogen) atoms. The van der Waals surface area contributed by atoms with E-state index in [1.54, 1.807) is 6.07 Å². The number of benzene rings is 2. The molecule has 134 valence electrons. The number of non-ortho nitro benzene ring substituents is 2. The standard InChI is InChI=1S/C16H13N3O7/c20-18(21)14-3-1-2-11(4-14)7-17-26-9-13-6-15(19(22)23)5-12-8-24-10-25-16(12)13/h1-7H,8-10H2/b17-7+. The van der Waals surface area contributed by atoms with E-state index in [-0.39, 0.29) is 31.4 Å². The van der Waals surface area contributed by atoms with Crippen LogP contribution < -0.4 is 4.74 Å². The summed E-state index contributed by atoms with van der Waals surface area (Å²) in [6, 6.07) is 8.63. The first-order valence-corrected chi connectivity index (χ1v) is 7.45. The summed E-state index contributed by atoms with van der Waals surface area (Å²) in [5.41, 5.74) is 1.36. The average Bonchev–Trinajstić information content (AvgIpc) is 2.65. The van der Waals surface area contributed by atoms with Crippen molar-refractivity contribution >= 4 is 17.6 Å².